The summed E-state index contributed by atoms with van der Waals surface area (Å²) < 4.78 is 8.84. The van der Waals surface area contributed by atoms with Gasteiger partial charge in [-0.3, -0.25) is 10.2 Å². The topological polar surface area (TPSA) is 86.0 Å². The average Bonchev–Trinajstić information content (AvgIpc) is 3.40. The standard InChI is InChI=1S/C25H19ClN6O2/c26-18-6-10-20(11-7-18)32-25(33)24(23(16-28-32)31-15-14-27-17-31)30-29-19-8-12-22(13-9-19)34-21-4-2-1-3-5-21/h1-17,29-30H. The molecule has 8 nitrogen and oxygen atoms in total. The molecule has 0 unspecified atom stereocenters. The fourth-order valence-electron chi connectivity index (χ4n) is 3.29. The van der Waals surface area contributed by atoms with Crippen LogP contribution in [0, 0.1) is 0 Å². The van der Waals surface area contributed by atoms with Crippen LogP contribution in [0.1, 0.15) is 0 Å². The number of rotatable bonds is 7. The number of benzene rings is 3. The summed E-state index contributed by atoms with van der Waals surface area (Å²) in [6.07, 6.45) is 6.57. The summed E-state index contributed by atoms with van der Waals surface area (Å²) in [6.45, 7) is 0. The minimum absolute atomic E-state index is 0.299. The number of nitrogens with zero attached hydrogens (tertiary/aromatic N) is 4. The lowest BCUT2D eigenvalue weighted by Crippen LogP contribution is -2.28. The summed E-state index contributed by atoms with van der Waals surface area (Å²) >= 11 is 5.99. The maximum atomic E-state index is 13.4. The Kier molecular flexibility index (Phi) is 5.96. The normalized spacial score (nSPS) is 10.6. The van der Waals surface area contributed by atoms with Crippen molar-refractivity contribution >= 4 is 23.0 Å². The molecule has 0 aliphatic rings. The van der Waals surface area contributed by atoms with Gasteiger partial charge >= 0.3 is 0 Å². The van der Waals surface area contributed by atoms with Crippen molar-refractivity contribution in [3.63, 3.8) is 0 Å². The summed E-state index contributed by atoms with van der Waals surface area (Å²) in [5.74, 6) is 1.45. The largest absolute Gasteiger partial charge is 0.457 e. The van der Waals surface area contributed by atoms with Crippen LogP contribution in [0.4, 0.5) is 11.4 Å². The molecule has 5 rings (SSSR count). The highest BCUT2D eigenvalue weighted by atomic mass is 35.5. The van der Waals surface area contributed by atoms with Crippen LogP contribution in [0.2, 0.25) is 5.02 Å². The third kappa shape index (κ3) is 4.62. The lowest BCUT2D eigenvalue weighted by molar-refractivity contribution is 0.483. The second-order valence-electron chi connectivity index (χ2n) is 7.26. The van der Waals surface area contributed by atoms with Crippen molar-refractivity contribution in [1.29, 1.82) is 0 Å². The second-order valence-corrected chi connectivity index (χ2v) is 7.69. The minimum Gasteiger partial charge on any atom is -0.457 e. The Morgan fingerprint density at radius 1 is 0.853 bits per heavy atom. The molecule has 0 amide bonds. The third-order valence-electron chi connectivity index (χ3n) is 4.98. The van der Waals surface area contributed by atoms with Gasteiger partial charge in [-0.2, -0.15) is 9.78 Å². The van der Waals surface area contributed by atoms with Gasteiger partial charge in [0, 0.05) is 17.4 Å². The number of ether oxygens (including phenoxy) is 1. The van der Waals surface area contributed by atoms with Crippen molar-refractivity contribution in [2.24, 2.45) is 0 Å². The Labute approximate surface area is 200 Å². The lowest BCUT2D eigenvalue weighted by Gasteiger charge is -2.15. The number of nitrogens with one attached hydrogen (secondary N) is 2. The van der Waals surface area contributed by atoms with E-state index in [9.17, 15) is 4.79 Å². The average molecular weight is 471 g/mol. The summed E-state index contributed by atoms with van der Waals surface area (Å²) in [5, 5.41) is 4.90. The molecule has 0 fully saturated rings. The van der Waals surface area contributed by atoms with Crippen molar-refractivity contribution < 1.29 is 4.74 Å². The molecule has 2 heterocycles. The van der Waals surface area contributed by atoms with Crippen molar-refractivity contribution in [2.75, 3.05) is 10.9 Å². The first-order valence-corrected chi connectivity index (χ1v) is 10.8. The van der Waals surface area contributed by atoms with E-state index in [0.717, 1.165) is 11.4 Å². The second kappa shape index (κ2) is 9.51. The Morgan fingerprint density at radius 3 is 2.29 bits per heavy atom. The molecule has 3 aromatic carbocycles. The molecule has 0 aliphatic carbocycles. The fraction of sp³-hybridized carbons (Fsp3) is 0. The van der Waals surface area contributed by atoms with E-state index in [0.29, 0.717) is 27.8 Å². The van der Waals surface area contributed by atoms with Crippen LogP contribution in [0.25, 0.3) is 11.4 Å². The number of para-hydroxylation sites is 1. The first-order valence-electron chi connectivity index (χ1n) is 10.4. The Balaban J connectivity index is 1.41. The van der Waals surface area contributed by atoms with Crippen LogP contribution >= 0.6 is 11.6 Å². The molecule has 0 saturated carbocycles. The SMILES string of the molecule is O=c1c(NNc2ccc(Oc3ccccc3)cc2)c(-n2ccnc2)cnn1-c1ccc(Cl)cc1. The quantitative estimate of drug-likeness (QED) is 0.314. The number of hydrazine groups is 1. The van der Waals surface area contributed by atoms with E-state index in [-0.39, 0.29) is 5.56 Å². The van der Waals surface area contributed by atoms with E-state index >= 15 is 0 Å². The summed E-state index contributed by atoms with van der Waals surface area (Å²) in [5.41, 5.74) is 7.96. The molecule has 0 aliphatic heterocycles. The number of hydrogen-bond acceptors (Lipinski definition) is 6. The van der Waals surface area contributed by atoms with Crippen molar-refractivity contribution in [3.05, 3.63) is 119 Å². The Bertz CT molecular complexity index is 1430. The number of aromatic nitrogens is 4. The predicted molar refractivity (Wildman–Crippen MR) is 132 cm³/mol. The fourth-order valence-corrected chi connectivity index (χ4v) is 3.42. The zero-order valence-electron chi connectivity index (χ0n) is 17.8. The van der Waals surface area contributed by atoms with Gasteiger partial charge < -0.3 is 14.7 Å². The van der Waals surface area contributed by atoms with Crippen LogP contribution in [0.5, 0.6) is 11.5 Å². The molecule has 0 radical (unpaired) electrons. The number of anilines is 2. The molecule has 34 heavy (non-hydrogen) atoms. The van der Waals surface area contributed by atoms with E-state index in [1.54, 1.807) is 53.8 Å². The van der Waals surface area contributed by atoms with Crippen molar-refractivity contribution in [1.82, 2.24) is 19.3 Å². The van der Waals surface area contributed by atoms with Gasteiger partial charge in [-0.15, -0.1) is 0 Å². The van der Waals surface area contributed by atoms with Gasteiger partial charge in [-0.25, -0.2) is 4.98 Å². The van der Waals surface area contributed by atoms with Crippen LogP contribution in [0.3, 0.4) is 0 Å². The molecule has 2 N–H and O–H groups in total. The molecule has 0 saturated heterocycles. The highest BCUT2D eigenvalue weighted by Gasteiger charge is 2.14. The first-order chi connectivity index (χ1) is 16.7. The number of imidazole rings is 1. The van der Waals surface area contributed by atoms with Crippen LogP contribution in [0.15, 0.2) is 109 Å². The Hall–Kier alpha value is -4.56. The van der Waals surface area contributed by atoms with E-state index in [1.807, 2.05) is 54.6 Å². The zero-order valence-corrected chi connectivity index (χ0v) is 18.6. The van der Waals surface area contributed by atoms with Crippen molar-refractivity contribution in [2.45, 2.75) is 0 Å². The highest BCUT2D eigenvalue weighted by Crippen LogP contribution is 2.23. The third-order valence-corrected chi connectivity index (χ3v) is 5.23. The summed E-state index contributed by atoms with van der Waals surface area (Å²) in [7, 11) is 0. The van der Waals surface area contributed by atoms with Gasteiger partial charge in [0.2, 0.25) is 0 Å². The lowest BCUT2D eigenvalue weighted by atomic mass is 10.3. The van der Waals surface area contributed by atoms with Gasteiger partial charge in [0.05, 0.1) is 29.6 Å². The predicted octanol–water partition coefficient (Wildman–Crippen LogP) is 5.30. The molecule has 0 spiro atoms. The van der Waals surface area contributed by atoms with Gasteiger partial charge in [-0.05, 0) is 60.7 Å². The molecule has 0 atom stereocenters. The number of halogens is 1. The molecule has 2 aromatic heterocycles. The van der Waals surface area contributed by atoms with Crippen LogP contribution < -0.4 is 21.1 Å². The maximum absolute atomic E-state index is 13.4. The molecule has 168 valence electrons. The van der Waals surface area contributed by atoms with E-state index in [2.05, 4.69) is 20.9 Å². The van der Waals surface area contributed by atoms with Crippen LogP contribution in [-0.4, -0.2) is 19.3 Å². The van der Waals surface area contributed by atoms with E-state index < -0.39 is 0 Å². The van der Waals surface area contributed by atoms with E-state index in [1.165, 1.54) is 4.68 Å². The van der Waals surface area contributed by atoms with Gasteiger partial charge in [-0.1, -0.05) is 29.8 Å². The number of hydrogen-bond donors (Lipinski definition) is 2. The molecule has 0 bridgehead atoms. The first kappa shape index (κ1) is 21.3. The Morgan fingerprint density at radius 2 is 1.59 bits per heavy atom. The van der Waals surface area contributed by atoms with Crippen LogP contribution in [-0.2, 0) is 0 Å². The molecule has 9 heteroatoms. The molecule has 5 aromatic rings. The molecular formula is C25H19ClN6O2. The smallest absolute Gasteiger partial charge is 0.298 e. The summed E-state index contributed by atoms with van der Waals surface area (Å²) in [6, 6.07) is 23.8. The monoisotopic (exact) mass is 470 g/mol. The zero-order chi connectivity index (χ0) is 23.3. The van der Waals surface area contributed by atoms with Gasteiger partial charge in [0.15, 0.2) is 0 Å². The molecular weight excluding hydrogens is 452 g/mol. The minimum atomic E-state index is -0.343. The summed E-state index contributed by atoms with van der Waals surface area (Å²) in [4.78, 5) is 17.4. The van der Waals surface area contributed by atoms with Gasteiger partial charge in [0.1, 0.15) is 17.2 Å². The highest BCUT2D eigenvalue weighted by molar-refractivity contribution is 6.30. The van der Waals surface area contributed by atoms with Crippen molar-refractivity contribution in [3.8, 4) is 22.9 Å². The van der Waals surface area contributed by atoms with E-state index in [4.69, 9.17) is 16.3 Å². The van der Waals surface area contributed by atoms with Gasteiger partial charge in [0.25, 0.3) is 5.56 Å². The maximum Gasteiger partial charge on any atom is 0.298 e.